The van der Waals surface area contributed by atoms with Gasteiger partial charge >= 0.3 is 0 Å². The zero-order chi connectivity index (χ0) is 29.2. The average Bonchev–Trinajstić information content (AvgIpc) is 3.40. The Morgan fingerprint density at radius 2 is 1.81 bits per heavy atom. The Labute approximate surface area is 237 Å². The summed E-state index contributed by atoms with van der Waals surface area (Å²) in [4.78, 5) is 32.3. The van der Waals surface area contributed by atoms with E-state index in [1.807, 2.05) is 0 Å². The van der Waals surface area contributed by atoms with Crippen LogP contribution in [0.2, 0.25) is 0 Å². The number of amides is 1. The number of benzene rings is 2. The van der Waals surface area contributed by atoms with Gasteiger partial charge in [0.25, 0.3) is 11.5 Å². The van der Waals surface area contributed by atoms with Crippen LogP contribution in [0.3, 0.4) is 0 Å². The minimum absolute atomic E-state index is 0.0133. The highest BCUT2D eigenvalue weighted by molar-refractivity contribution is 6.04. The first-order valence-corrected chi connectivity index (χ1v) is 13.2. The summed E-state index contributed by atoms with van der Waals surface area (Å²) in [7, 11) is 2.06. The van der Waals surface area contributed by atoms with E-state index in [9.17, 15) is 14.0 Å². The number of pyridine rings is 1. The Morgan fingerprint density at radius 1 is 1.02 bits per heavy atom. The van der Waals surface area contributed by atoms with E-state index in [-0.39, 0.29) is 28.8 Å². The van der Waals surface area contributed by atoms with E-state index in [0.717, 1.165) is 36.7 Å². The van der Waals surface area contributed by atoms with Crippen molar-refractivity contribution in [3.05, 3.63) is 94.5 Å². The minimum Gasteiger partial charge on any atom is -0.473 e. The average molecular weight is 574 g/mol. The Kier molecular flexibility index (Phi) is 7.32. The SMILES string of the molecule is CN1CCC(Oc2n[nH]c3nccc(Oc4ccc(NC(=O)c5ccnn(-c6ccc(F)cc6)c5=O)cc4F)c23)CC1. The highest BCUT2D eigenvalue weighted by Gasteiger charge is 2.23. The molecule has 3 aromatic heterocycles. The molecule has 1 saturated heterocycles. The maximum Gasteiger partial charge on any atom is 0.284 e. The smallest absolute Gasteiger partial charge is 0.284 e. The van der Waals surface area contributed by atoms with Crippen LogP contribution in [0.1, 0.15) is 23.2 Å². The summed E-state index contributed by atoms with van der Waals surface area (Å²) in [6.45, 7) is 1.82. The van der Waals surface area contributed by atoms with Crippen molar-refractivity contribution in [3.63, 3.8) is 0 Å². The molecule has 0 unspecified atom stereocenters. The van der Waals surface area contributed by atoms with Crippen molar-refractivity contribution in [2.75, 3.05) is 25.5 Å². The fourth-order valence-electron chi connectivity index (χ4n) is 4.66. The van der Waals surface area contributed by atoms with Crippen molar-refractivity contribution in [1.29, 1.82) is 0 Å². The van der Waals surface area contributed by atoms with E-state index in [0.29, 0.717) is 22.7 Å². The summed E-state index contributed by atoms with van der Waals surface area (Å²) < 4.78 is 41.5. The van der Waals surface area contributed by atoms with Gasteiger partial charge in [0, 0.05) is 43.3 Å². The van der Waals surface area contributed by atoms with Gasteiger partial charge in [0.05, 0.1) is 5.69 Å². The van der Waals surface area contributed by atoms with Gasteiger partial charge < -0.3 is 19.7 Å². The lowest BCUT2D eigenvalue weighted by Crippen LogP contribution is -2.35. The number of nitrogens with one attached hydrogen (secondary N) is 2. The standard InChI is InChI=1S/C29H25F2N7O4/c1-37-14-10-20(11-15-37)41-28-25-24(9-12-32-26(25)35-36-28)42-23-7-4-18(16-22(23)31)34-27(39)21-8-13-33-38(29(21)40)19-5-2-17(30)3-6-19/h2-9,12-13,16,20H,10-11,14-15H2,1H3,(H,34,39)(H,32,35,36). The van der Waals surface area contributed by atoms with E-state index in [1.54, 1.807) is 6.07 Å². The van der Waals surface area contributed by atoms with E-state index >= 15 is 4.39 Å². The zero-order valence-electron chi connectivity index (χ0n) is 22.4. The third-order valence-electron chi connectivity index (χ3n) is 6.91. The van der Waals surface area contributed by atoms with Gasteiger partial charge in [-0.3, -0.25) is 14.7 Å². The van der Waals surface area contributed by atoms with Gasteiger partial charge in [0.1, 0.15) is 28.6 Å². The number of anilines is 1. The molecule has 4 heterocycles. The van der Waals surface area contributed by atoms with Crippen molar-refractivity contribution in [1.82, 2.24) is 29.9 Å². The van der Waals surface area contributed by atoms with Crippen LogP contribution in [-0.2, 0) is 0 Å². The summed E-state index contributed by atoms with van der Waals surface area (Å²) >= 11 is 0. The number of aromatic nitrogens is 5. The summed E-state index contributed by atoms with van der Waals surface area (Å²) in [5.74, 6) is -1.47. The molecule has 11 nitrogen and oxygen atoms in total. The van der Waals surface area contributed by atoms with Crippen LogP contribution in [0.15, 0.2) is 71.8 Å². The van der Waals surface area contributed by atoms with Crippen molar-refractivity contribution < 1.29 is 23.0 Å². The number of carbonyl (C=O) groups excluding carboxylic acids is 1. The molecule has 13 heteroatoms. The molecule has 5 aromatic rings. The normalized spacial score (nSPS) is 14.2. The Morgan fingerprint density at radius 3 is 2.57 bits per heavy atom. The molecule has 0 aliphatic carbocycles. The predicted molar refractivity (Wildman–Crippen MR) is 149 cm³/mol. The molecule has 2 N–H and O–H groups in total. The van der Waals surface area contributed by atoms with E-state index in [1.165, 1.54) is 54.9 Å². The molecule has 0 bridgehead atoms. The maximum absolute atomic E-state index is 15.2. The number of halogens is 2. The predicted octanol–water partition coefficient (Wildman–Crippen LogP) is 4.30. The number of ether oxygens (including phenoxy) is 2. The lowest BCUT2D eigenvalue weighted by Gasteiger charge is -2.28. The summed E-state index contributed by atoms with van der Waals surface area (Å²) in [5, 5.41) is 14.0. The van der Waals surface area contributed by atoms with Gasteiger partial charge in [-0.1, -0.05) is 0 Å². The molecule has 2 aromatic carbocycles. The van der Waals surface area contributed by atoms with Gasteiger partial charge in [-0.15, -0.1) is 5.10 Å². The van der Waals surface area contributed by atoms with Crippen LogP contribution in [0, 0.1) is 11.6 Å². The number of carbonyl (C=O) groups is 1. The first-order valence-electron chi connectivity index (χ1n) is 13.2. The molecule has 6 rings (SSSR count). The number of nitrogens with zero attached hydrogens (tertiary/aromatic N) is 5. The molecule has 0 saturated carbocycles. The number of aromatic amines is 1. The lowest BCUT2D eigenvalue weighted by molar-refractivity contribution is 0.102. The highest BCUT2D eigenvalue weighted by Crippen LogP contribution is 2.36. The molecule has 0 radical (unpaired) electrons. The van der Waals surface area contributed by atoms with Crippen molar-refractivity contribution >= 4 is 22.6 Å². The molecule has 42 heavy (non-hydrogen) atoms. The fraction of sp³-hybridized carbons (Fsp3) is 0.207. The topological polar surface area (TPSA) is 127 Å². The van der Waals surface area contributed by atoms with Crippen molar-refractivity contribution in [2.24, 2.45) is 0 Å². The number of H-pyrrole nitrogens is 1. The largest absolute Gasteiger partial charge is 0.473 e. The van der Waals surface area contributed by atoms with Gasteiger partial charge in [0.2, 0.25) is 5.88 Å². The van der Waals surface area contributed by atoms with Crippen LogP contribution < -0.4 is 20.3 Å². The number of likely N-dealkylation sites (tertiary alicyclic amines) is 1. The molecule has 1 aliphatic heterocycles. The number of rotatable bonds is 7. The molecule has 1 amide bonds. The lowest BCUT2D eigenvalue weighted by atomic mass is 10.1. The maximum atomic E-state index is 15.2. The van der Waals surface area contributed by atoms with Crippen LogP contribution in [0.4, 0.5) is 14.5 Å². The van der Waals surface area contributed by atoms with Crippen molar-refractivity contribution in [3.8, 4) is 23.1 Å². The summed E-state index contributed by atoms with van der Waals surface area (Å²) in [5.41, 5.74) is -0.132. The van der Waals surface area contributed by atoms with E-state index < -0.39 is 23.1 Å². The molecular formula is C29H25F2N7O4. The van der Waals surface area contributed by atoms with Crippen LogP contribution in [-0.4, -0.2) is 62.0 Å². The second-order valence-electron chi connectivity index (χ2n) is 9.82. The second kappa shape index (κ2) is 11.4. The molecule has 214 valence electrons. The van der Waals surface area contributed by atoms with Crippen LogP contribution in [0.5, 0.6) is 17.4 Å². The van der Waals surface area contributed by atoms with Crippen molar-refractivity contribution in [2.45, 2.75) is 18.9 Å². The molecule has 0 spiro atoms. The second-order valence-corrected chi connectivity index (χ2v) is 9.82. The van der Waals surface area contributed by atoms with Gasteiger partial charge in [0.15, 0.2) is 17.2 Å². The molecule has 0 atom stereocenters. The van der Waals surface area contributed by atoms with E-state index in [4.69, 9.17) is 9.47 Å². The Balaban J connectivity index is 1.20. The Hall–Kier alpha value is -5.17. The summed E-state index contributed by atoms with van der Waals surface area (Å²) in [6, 6.07) is 11.8. The number of hydrogen-bond donors (Lipinski definition) is 2. The third kappa shape index (κ3) is 5.54. The first-order chi connectivity index (χ1) is 20.4. The zero-order valence-corrected chi connectivity index (χ0v) is 22.4. The monoisotopic (exact) mass is 573 g/mol. The molecule has 1 aliphatic rings. The fourth-order valence-corrected chi connectivity index (χ4v) is 4.66. The molecule has 1 fully saturated rings. The van der Waals surface area contributed by atoms with Gasteiger partial charge in [-0.2, -0.15) is 9.78 Å². The number of fused-ring (bicyclic) bond motifs is 1. The van der Waals surface area contributed by atoms with Crippen LogP contribution in [0.25, 0.3) is 16.7 Å². The summed E-state index contributed by atoms with van der Waals surface area (Å²) in [6.07, 6.45) is 4.47. The minimum atomic E-state index is -0.767. The molecular weight excluding hydrogens is 548 g/mol. The third-order valence-corrected chi connectivity index (χ3v) is 6.91. The number of piperidine rings is 1. The van der Waals surface area contributed by atoms with Gasteiger partial charge in [-0.05, 0) is 62.4 Å². The quantitative estimate of drug-likeness (QED) is 0.295. The highest BCUT2D eigenvalue weighted by atomic mass is 19.1. The number of hydrogen-bond acceptors (Lipinski definition) is 8. The Bertz CT molecular complexity index is 1820. The van der Waals surface area contributed by atoms with Crippen LogP contribution >= 0.6 is 0 Å². The first kappa shape index (κ1) is 27.0. The van der Waals surface area contributed by atoms with E-state index in [2.05, 4.69) is 37.5 Å². The van der Waals surface area contributed by atoms with Gasteiger partial charge in [-0.25, -0.2) is 13.8 Å².